The van der Waals surface area contributed by atoms with Crippen LogP contribution in [-0.4, -0.2) is 5.78 Å². The van der Waals surface area contributed by atoms with Gasteiger partial charge in [0.15, 0.2) is 5.78 Å². The summed E-state index contributed by atoms with van der Waals surface area (Å²) in [6.07, 6.45) is 0.828. The highest BCUT2D eigenvalue weighted by molar-refractivity contribution is 7.19. The van der Waals surface area contributed by atoms with E-state index in [4.69, 9.17) is 0 Å². The Morgan fingerprint density at radius 1 is 1.00 bits per heavy atom. The molecule has 19 heavy (non-hydrogen) atoms. The molecule has 0 radical (unpaired) electrons. The first-order chi connectivity index (χ1) is 9.25. The molecular formula is C17H14OS. The maximum atomic E-state index is 11.9. The van der Waals surface area contributed by atoms with Crippen molar-refractivity contribution in [2.24, 2.45) is 0 Å². The maximum absolute atomic E-state index is 11.9. The molecule has 0 fully saturated rings. The number of ketones is 1. The van der Waals surface area contributed by atoms with E-state index in [-0.39, 0.29) is 5.78 Å². The van der Waals surface area contributed by atoms with E-state index in [0.717, 1.165) is 17.4 Å². The van der Waals surface area contributed by atoms with Gasteiger partial charge in [-0.15, -0.1) is 11.3 Å². The van der Waals surface area contributed by atoms with Crippen LogP contribution in [0.4, 0.5) is 0 Å². The number of benzene rings is 2. The van der Waals surface area contributed by atoms with Crippen molar-refractivity contribution in [3.8, 4) is 0 Å². The molecule has 0 unspecified atom stereocenters. The number of hydrogen-bond donors (Lipinski definition) is 0. The van der Waals surface area contributed by atoms with Crippen LogP contribution >= 0.6 is 11.3 Å². The third kappa shape index (κ3) is 2.32. The van der Waals surface area contributed by atoms with Crippen LogP contribution in [0.1, 0.15) is 27.7 Å². The van der Waals surface area contributed by atoms with Crippen molar-refractivity contribution in [1.29, 1.82) is 0 Å². The van der Waals surface area contributed by atoms with Gasteiger partial charge in [0, 0.05) is 26.9 Å². The van der Waals surface area contributed by atoms with Crippen LogP contribution in [0.15, 0.2) is 54.6 Å². The van der Waals surface area contributed by atoms with Gasteiger partial charge in [0.05, 0.1) is 0 Å². The molecule has 0 N–H and O–H groups in total. The Morgan fingerprint density at radius 3 is 2.42 bits per heavy atom. The molecule has 0 bridgehead atoms. The molecule has 0 saturated heterocycles. The molecule has 1 aromatic heterocycles. The minimum Gasteiger partial charge on any atom is -0.294 e. The van der Waals surface area contributed by atoms with Gasteiger partial charge in [-0.25, -0.2) is 0 Å². The summed E-state index contributed by atoms with van der Waals surface area (Å²) in [5.74, 6) is 0.156. The zero-order valence-electron chi connectivity index (χ0n) is 10.7. The van der Waals surface area contributed by atoms with Crippen LogP contribution in [-0.2, 0) is 6.42 Å². The molecule has 94 valence electrons. The highest BCUT2D eigenvalue weighted by atomic mass is 32.1. The van der Waals surface area contributed by atoms with Crippen molar-refractivity contribution in [2.45, 2.75) is 13.3 Å². The highest BCUT2D eigenvalue weighted by Gasteiger charge is 2.15. The molecule has 0 amide bonds. The van der Waals surface area contributed by atoms with E-state index in [1.807, 2.05) is 36.4 Å². The maximum Gasteiger partial charge on any atom is 0.161 e. The SMILES string of the molecule is CC(=O)c1c(Cc2ccccc2)sc2ccccc12. The second kappa shape index (κ2) is 4.98. The van der Waals surface area contributed by atoms with Crippen molar-refractivity contribution >= 4 is 27.2 Å². The average Bonchev–Trinajstić information content (AvgIpc) is 2.77. The number of carbonyl (C=O) groups excluding carboxylic acids is 1. The fourth-order valence-electron chi connectivity index (χ4n) is 2.39. The normalized spacial score (nSPS) is 10.8. The summed E-state index contributed by atoms with van der Waals surface area (Å²) in [7, 11) is 0. The molecule has 0 saturated carbocycles. The fourth-order valence-corrected chi connectivity index (χ4v) is 3.67. The van der Waals surface area contributed by atoms with Gasteiger partial charge < -0.3 is 0 Å². The van der Waals surface area contributed by atoms with Crippen LogP contribution in [0.25, 0.3) is 10.1 Å². The molecule has 2 aromatic carbocycles. The predicted octanol–water partition coefficient (Wildman–Crippen LogP) is 4.69. The summed E-state index contributed by atoms with van der Waals surface area (Å²) in [6.45, 7) is 1.66. The highest BCUT2D eigenvalue weighted by Crippen LogP contribution is 2.33. The van der Waals surface area contributed by atoms with E-state index in [0.29, 0.717) is 0 Å². The molecule has 0 spiro atoms. The molecule has 0 aliphatic heterocycles. The first-order valence-electron chi connectivity index (χ1n) is 6.31. The van der Waals surface area contributed by atoms with Gasteiger partial charge in [-0.2, -0.15) is 0 Å². The van der Waals surface area contributed by atoms with Crippen molar-refractivity contribution in [3.05, 3.63) is 70.6 Å². The summed E-state index contributed by atoms with van der Waals surface area (Å²) in [5, 5.41) is 1.09. The predicted molar refractivity (Wildman–Crippen MR) is 81.1 cm³/mol. The number of Topliss-reactive ketones (excluding diaryl/α,β-unsaturated/α-hetero) is 1. The third-order valence-corrected chi connectivity index (χ3v) is 4.40. The Hall–Kier alpha value is -1.93. The third-order valence-electron chi connectivity index (χ3n) is 3.23. The lowest BCUT2D eigenvalue weighted by molar-refractivity contribution is 0.101. The first-order valence-corrected chi connectivity index (χ1v) is 7.12. The lowest BCUT2D eigenvalue weighted by atomic mass is 10.0. The van der Waals surface area contributed by atoms with E-state index in [1.54, 1.807) is 18.3 Å². The number of fused-ring (bicyclic) bond motifs is 1. The van der Waals surface area contributed by atoms with Crippen LogP contribution in [0, 0.1) is 0 Å². The van der Waals surface area contributed by atoms with E-state index < -0.39 is 0 Å². The molecule has 0 aliphatic rings. The fraction of sp³-hybridized carbons (Fsp3) is 0.118. The summed E-state index contributed by atoms with van der Waals surface area (Å²) in [4.78, 5) is 13.1. The molecule has 3 aromatic rings. The van der Waals surface area contributed by atoms with Gasteiger partial charge in [0.1, 0.15) is 0 Å². The Bertz CT molecular complexity index is 725. The lowest BCUT2D eigenvalue weighted by Gasteiger charge is -2.01. The van der Waals surface area contributed by atoms with Crippen molar-refractivity contribution in [2.75, 3.05) is 0 Å². The Balaban J connectivity index is 2.13. The van der Waals surface area contributed by atoms with Gasteiger partial charge >= 0.3 is 0 Å². The summed E-state index contributed by atoms with van der Waals surface area (Å²) in [6, 6.07) is 18.4. The van der Waals surface area contributed by atoms with E-state index in [2.05, 4.69) is 18.2 Å². The van der Waals surface area contributed by atoms with Crippen LogP contribution in [0.3, 0.4) is 0 Å². The van der Waals surface area contributed by atoms with E-state index in [9.17, 15) is 4.79 Å². The summed E-state index contributed by atoms with van der Waals surface area (Å²) in [5.41, 5.74) is 2.14. The van der Waals surface area contributed by atoms with E-state index >= 15 is 0 Å². The zero-order chi connectivity index (χ0) is 13.2. The summed E-state index contributed by atoms with van der Waals surface area (Å²) >= 11 is 1.73. The number of rotatable bonds is 3. The Labute approximate surface area is 116 Å². The van der Waals surface area contributed by atoms with Crippen LogP contribution < -0.4 is 0 Å². The van der Waals surface area contributed by atoms with E-state index in [1.165, 1.54) is 15.1 Å². The Kier molecular flexibility index (Phi) is 3.18. The molecule has 0 aliphatic carbocycles. The second-order valence-corrected chi connectivity index (χ2v) is 5.75. The van der Waals surface area contributed by atoms with Gasteiger partial charge in [0.2, 0.25) is 0 Å². The van der Waals surface area contributed by atoms with Crippen molar-refractivity contribution in [1.82, 2.24) is 0 Å². The minimum absolute atomic E-state index is 0.156. The number of carbonyl (C=O) groups is 1. The van der Waals surface area contributed by atoms with Gasteiger partial charge in [-0.1, -0.05) is 48.5 Å². The molecular weight excluding hydrogens is 252 g/mol. The standard InChI is InChI=1S/C17H14OS/c1-12(18)17-14-9-5-6-10-15(14)19-16(17)11-13-7-3-2-4-8-13/h2-10H,11H2,1H3. The number of hydrogen-bond acceptors (Lipinski definition) is 2. The molecule has 3 rings (SSSR count). The topological polar surface area (TPSA) is 17.1 Å². The van der Waals surface area contributed by atoms with Gasteiger partial charge in [-0.05, 0) is 18.6 Å². The second-order valence-electron chi connectivity index (χ2n) is 4.61. The monoisotopic (exact) mass is 266 g/mol. The van der Waals surface area contributed by atoms with Crippen LogP contribution in [0.2, 0.25) is 0 Å². The average molecular weight is 266 g/mol. The summed E-state index contributed by atoms with van der Waals surface area (Å²) < 4.78 is 1.19. The molecule has 2 heteroatoms. The largest absolute Gasteiger partial charge is 0.294 e. The minimum atomic E-state index is 0.156. The first kappa shape index (κ1) is 12.1. The van der Waals surface area contributed by atoms with Crippen molar-refractivity contribution < 1.29 is 4.79 Å². The van der Waals surface area contributed by atoms with Crippen molar-refractivity contribution in [3.63, 3.8) is 0 Å². The lowest BCUT2D eigenvalue weighted by Crippen LogP contribution is -1.96. The van der Waals surface area contributed by atoms with Crippen LogP contribution in [0.5, 0.6) is 0 Å². The quantitative estimate of drug-likeness (QED) is 0.628. The Morgan fingerprint density at radius 2 is 1.68 bits per heavy atom. The van der Waals surface area contributed by atoms with Gasteiger partial charge in [-0.3, -0.25) is 4.79 Å². The van der Waals surface area contributed by atoms with Gasteiger partial charge in [0.25, 0.3) is 0 Å². The smallest absolute Gasteiger partial charge is 0.161 e. The molecule has 0 atom stereocenters. The molecule has 1 heterocycles. The zero-order valence-corrected chi connectivity index (χ0v) is 11.5. The number of thiophene rings is 1. The molecule has 1 nitrogen and oxygen atoms in total.